The molecule has 29 heavy (non-hydrogen) atoms. The van der Waals surface area contributed by atoms with Gasteiger partial charge in [0.05, 0.1) is 11.5 Å². The van der Waals surface area contributed by atoms with Gasteiger partial charge in [-0.2, -0.15) is 13.2 Å². The minimum Gasteiger partial charge on any atom is -0.457 e. The van der Waals surface area contributed by atoms with E-state index in [1.165, 1.54) is 0 Å². The quantitative estimate of drug-likeness (QED) is 0.777. The van der Waals surface area contributed by atoms with Crippen molar-refractivity contribution >= 4 is 5.91 Å². The minimum atomic E-state index is -4.75. The molecular weight excluding hydrogens is 388 g/mol. The molecule has 4 rings (SSSR count). The third-order valence-electron chi connectivity index (χ3n) is 5.39. The molecule has 1 atom stereocenters. The summed E-state index contributed by atoms with van der Waals surface area (Å²) in [6.45, 7) is 2.67. The van der Waals surface area contributed by atoms with Crippen LogP contribution in [-0.4, -0.2) is 30.4 Å². The Balaban J connectivity index is 1.49. The molecule has 2 aromatic carbocycles. The van der Waals surface area contributed by atoms with Crippen LogP contribution >= 0.6 is 0 Å². The molecule has 0 aliphatic carbocycles. The summed E-state index contributed by atoms with van der Waals surface area (Å²) in [6.07, 6.45) is -3.18. The number of hydrogen-bond acceptors (Lipinski definition) is 3. The molecule has 0 bridgehead atoms. The Morgan fingerprint density at radius 2 is 1.86 bits per heavy atom. The van der Waals surface area contributed by atoms with Crippen molar-refractivity contribution < 1.29 is 27.1 Å². The van der Waals surface area contributed by atoms with Crippen LogP contribution in [0.5, 0.6) is 11.5 Å². The van der Waals surface area contributed by atoms with Crippen molar-refractivity contribution in [1.82, 2.24) is 10.2 Å². The van der Waals surface area contributed by atoms with E-state index in [1.807, 2.05) is 11.0 Å². The maximum Gasteiger partial charge on any atom is 0.419 e. The van der Waals surface area contributed by atoms with E-state index in [9.17, 15) is 22.4 Å². The van der Waals surface area contributed by atoms with E-state index < -0.39 is 17.6 Å². The lowest BCUT2D eigenvalue weighted by Crippen LogP contribution is -2.40. The number of alkyl halides is 3. The molecule has 0 spiro atoms. The van der Waals surface area contributed by atoms with Crippen LogP contribution in [0.3, 0.4) is 0 Å². The van der Waals surface area contributed by atoms with Crippen molar-refractivity contribution in [1.29, 1.82) is 0 Å². The van der Waals surface area contributed by atoms with Gasteiger partial charge in [-0.25, -0.2) is 4.39 Å². The first-order valence-electron chi connectivity index (χ1n) is 9.47. The molecular formula is C21H20F4N2O2. The van der Waals surface area contributed by atoms with E-state index in [0.717, 1.165) is 42.6 Å². The van der Waals surface area contributed by atoms with Gasteiger partial charge < -0.3 is 15.0 Å². The number of nitrogens with one attached hydrogen (secondary N) is 1. The first-order valence-corrected chi connectivity index (χ1v) is 9.47. The average Bonchev–Trinajstić information content (AvgIpc) is 3.20. The van der Waals surface area contributed by atoms with Crippen LogP contribution < -0.4 is 10.1 Å². The summed E-state index contributed by atoms with van der Waals surface area (Å²) in [5.74, 6) is -0.867. The van der Waals surface area contributed by atoms with Crippen LogP contribution in [0.2, 0.25) is 0 Å². The molecule has 8 heteroatoms. The largest absolute Gasteiger partial charge is 0.457 e. The zero-order valence-corrected chi connectivity index (χ0v) is 15.6. The maximum atomic E-state index is 13.8. The van der Waals surface area contributed by atoms with E-state index in [4.69, 9.17) is 4.74 Å². The molecule has 2 aliphatic heterocycles. The summed E-state index contributed by atoms with van der Waals surface area (Å²) in [6, 6.07) is 7.83. The molecule has 4 nitrogen and oxygen atoms in total. The predicted molar refractivity (Wildman–Crippen MR) is 98.0 cm³/mol. The number of nitrogens with zero attached hydrogens (tertiary/aromatic N) is 1. The monoisotopic (exact) mass is 408 g/mol. The molecule has 1 amide bonds. The van der Waals surface area contributed by atoms with Gasteiger partial charge >= 0.3 is 6.18 Å². The van der Waals surface area contributed by atoms with Crippen LogP contribution in [0.15, 0.2) is 36.4 Å². The smallest absolute Gasteiger partial charge is 0.419 e. The lowest BCUT2D eigenvalue weighted by Gasteiger charge is -2.31. The summed E-state index contributed by atoms with van der Waals surface area (Å²) in [7, 11) is 0. The summed E-state index contributed by atoms with van der Waals surface area (Å²) in [5.41, 5.74) is 0.704. The van der Waals surface area contributed by atoms with E-state index in [0.29, 0.717) is 31.5 Å². The number of carbonyl (C=O) groups excluding carboxylic acids is 1. The second kappa shape index (κ2) is 7.67. The summed E-state index contributed by atoms with van der Waals surface area (Å²) < 4.78 is 57.4. The van der Waals surface area contributed by atoms with Crippen molar-refractivity contribution in [3.8, 4) is 11.5 Å². The Labute approximate surface area is 165 Å². The minimum absolute atomic E-state index is 0.00565. The fourth-order valence-electron chi connectivity index (χ4n) is 3.83. The zero-order chi connectivity index (χ0) is 20.6. The van der Waals surface area contributed by atoms with Gasteiger partial charge in [0.1, 0.15) is 17.3 Å². The fraction of sp³-hybridized carbons (Fsp3) is 0.381. The highest BCUT2D eigenvalue weighted by Crippen LogP contribution is 2.34. The zero-order valence-electron chi connectivity index (χ0n) is 15.6. The number of carbonyl (C=O) groups is 1. The van der Waals surface area contributed by atoms with Crippen LogP contribution in [0.4, 0.5) is 17.6 Å². The van der Waals surface area contributed by atoms with Crippen LogP contribution in [-0.2, 0) is 23.9 Å². The Morgan fingerprint density at radius 1 is 1.10 bits per heavy atom. The Morgan fingerprint density at radius 3 is 2.55 bits per heavy atom. The van der Waals surface area contributed by atoms with Crippen molar-refractivity contribution in [2.45, 2.75) is 25.6 Å². The molecule has 2 aliphatic rings. The van der Waals surface area contributed by atoms with Crippen molar-refractivity contribution in [2.75, 3.05) is 19.6 Å². The standard InChI is InChI=1S/C21H20F4N2O2/c22-19-10-17(3-4-18(19)21(23,24)25)29-16-2-1-13-6-8-27(12-15(13)9-16)20(28)14-5-7-26-11-14/h1-4,9-10,14,26H,5-8,11-12H2. The highest BCUT2D eigenvalue weighted by atomic mass is 19.4. The normalized spacial score (nSPS) is 19.2. The summed E-state index contributed by atoms with van der Waals surface area (Å²) >= 11 is 0. The molecule has 1 saturated heterocycles. The highest BCUT2D eigenvalue weighted by molar-refractivity contribution is 5.79. The number of ether oxygens (including phenoxy) is 1. The fourth-order valence-corrected chi connectivity index (χ4v) is 3.83. The third-order valence-corrected chi connectivity index (χ3v) is 5.39. The molecule has 1 fully saturated rings. The predicted octanol–water partition coefficient (Wildman–Crippen LogP) is 4.13. The number of halogens is 4. The van der Waals surface area contributed by atoms with Gasteiger partial charge in [-0.05, 0) is 54.8 Å². The SMILES string of the molecule is O=C(C1CCNC1)N1CCc2ccc(Oc3ccc(C(F)(F)F)c(F)c3)cc2C1. The lowest BCUT2D eigenvalue weighted by molar-refractivity contribution is -0.140. The van der Waals surface area contributed by atoms with Gasteiger partial charge in [-0.3, -0.25) is 4.79 Å². The van der Waals surface area contributed by atoms with Gasteiger partial charge in [0.2, 0.25) is 5.91 Å². The molecule has 0 saturated carbocycles. The Bertz CT molecular complexity index is 923. The number of hydrogen-bond donors (Lipinski definition) is 1. The van der Waals surface area contributed by atoms with Gasteiger partial charge in [-0.15, -0.1) is 0 Å². The van der Waals surface area contributed by atoms with Gasteiger partial charge in [0, 0.05) is 25.7 Å². The van der Waals surface area contributed by atoms with Crippen molar-refractivity contribution in [3.05, 3.63) is 58.9 Å². The summed E-state index contributed by atoms with van der Waals surface area (Å²) in [4.78, 5) is 14.5. The highest BCUT2D eigenvalue weighted by Gasteiger charge is 2.34. The second-order valence-electron chi connectivity index (χ2n) is 7.37. The molecule has 154 valence electrons. The van der Waals surface area contributed by atoms with Crippen LogP contribution in [0.1, 0.15) is 23.1 Å². The van der Waals surface area contributed by atoms with Gasteiger partial charge in [-0.1, -0.05) is 6.07 Å². The van der Waals surface area contributed by atoms with Crippen LogP contribution in [0.25, 0.3) is 0 Å². The van der Waals surface area contributed by atoms with Crippen molar-refractivity contribution in [3.63, 3.8) is 0 Å². The molecule has 2 heterocycles. The second-order valence-corrected chi connectivity index (χ2v) is 7.37. The number of fused-ring (bicyclic) bond motifs is 1. The first kappa shape index (κ1) is 19.7. The van der Waals surface area contributed by atoms with Gasteiger partial charge in [0.25, 0.3) is 0 Å². The first-order chi connectivity index (χ1) is 13.8. The van der Waals surface area contributed by atoms with E-state index in [1.54, 1.807) is 12.1 Å². The topological polar surface area (TPSA) is 41.6 Å². The van der Waals surface area contributed by atoms with Crippen molar-refractivity contribution in [2.24, 2.45) is 5.92 Å². The summed E-state index contributed by atoms with van der Waals surface area (Å²) in [5, 5.41) is 3.20. The molecule has 1 N–H and O–H groups in total. The average molecular weight is 408 g/mol. The molecule has 1 unspecified atom stereocenters. The van der Waals surface area contributed by atoms with E-state index in [2.05, 4.69) is 5.32 Å². The molecule has 0 radical (unpaired) electrons. The third kappa shape index (κ3) is 4.22. The number of benzene rings is 2. The molecule has 2 aromatic rings. The number of rotatable bonds is 3. The lowest BCUT2D eigenvalue weighted by atomic mass is 9.97. The maximum absolute atomic E-state index is 13.8. The van der Waals surface area contributed by atoms with E-state index in [-0.39, 0.29) is 17.6 Å². The van der Waals surface area contributed by atoms with E-state index >= 15 is 0 Å². The Kier molecular flexibility index (Phi) is 5.21. The Hall–Kier alpha value is -2.61. The van der Waals surface area contributed by atoms with Gasteiger partial charge in [0.15, 0.2) is 0 Å². The number of amides is 1. The molecule has 0 aromatic heterocycles. The van der Waals surface area contributed by atoms with Crippen LogP contribution in [0, 0.1) is 11.7 Å².